The molecule has 0 aromatic heterocycles. The predicted molar refractivity (Wildman–Crippen MR) is 99.7 cm³/mol. The first-order valence-electron chi connectivity index (χ1n) is 9.08. The minimum Gasteiger partial charge on any atom is -0.489 e. The summed E-state index contributed by atoms with van der Waals surface area (Å²) >= 11 is 0. The van der Waals surface area contributed by atoms with Crippen molar-refractivity contribution in [1.82, 2.24) is 10.2 Å². The maximum Gasteiger partial charge on any atom is 0.236 e. The summed E-state index contributed by atoms with van der Waals surface area (Å²) in [6.07, 6.45) is 3.18. The van der Waals surface area contributed by atoms with E-state index < -0.39 is 0 Å². The zero-order valence-electron chi connectivity index (χ0n) is 15.1. The van der Waals surface area contributed by atoms with Crippen molar-refractivity contribution >= 4 is 5.91 Å². The summed E-state index contributed by atoms with van der Waals surface area (Å²) in [7, 11) is 1.87. The Morgan fingerprint density at radius 3 is 2.85 bits per heavy atom. The molecule has 0 spiro atoms. The van der Waals surface area contributed by atoms with E-state index >= 15 is 0 Å². The van der Waals surface area contributed by atoms with E-state index in [1.807, 2.05) is 18.0 Å². The number of ether oxygens (including phenoxy) is 1. The summed E-state index contributed by atoms with van der Waals surface area (Å²) in [5, 5.41) is 3.08. The summed E-state index contributed by atoms with van der Waals surface area (Å²) in [5.74, 6) is -0.0894. The summed E-state index contributed by atoms with van der Waals surface area (Å²) in [4.78, 5) is 14.3. The van der Waals surface area contributed by atoms with Crippen LogP contribution < -0.4 is 10.1 Å². The Kier molecular flexibility index (Phi) is 6.23. The van der Waals surface area contributed by atoms with E-state index in [-0.39, 0.29) is 30.1 Å². The van der Waals surface area contributed by atoms with Gasteiger partial charge in [-0.05, 0) is 42.5 Å². The Morgan fingerprint density at radius 2 is 2.00 bits per heavy atom. The lowest BCUT2D eigenvalue weighted by Crippen LogP contribution is -2.40. The van der Waals surface area contributed by atoms with Crippen molar-refractivity contribution in [2.45, 2.75) is 25.3 Å². The fourth-order valence-electron chi connectivity index (χ4n) is 3.42. The number of hydrogen-bond acceptors (Lipinski definition) is 3. The van der Waals surface area contributed by atoms with Gasteiger partial charge in [0.05, 0.1) is 12.6 Å². The zero-order chi connectivity index (χ0) is 18.4. The van der Waals surface area contributed by atoms with Gasteiger partial charge in [0.1, 0.15) is 6.61 Å². The molecule has 0 radical (unpaired) electrons. The first kappa shape index (κ1) is 18.4. The zero-order valence-corrected chi connectivity index (χ0v) is 15.1. The van der Waals surface area contributed by atoms with Crippen molar-refractivity contribution < 1.29 is 13.9 Å². The molecular weight excluding hydrogens is 331 g/mol. The molecule has 2 aromatic rings. The molecule has 0 saturated carbocycles. The lowest BCUT2D eigenvalue weighted by Gasteiger charge is -2.33. The van der Waals surface area contributed by atoms with Crippen LogP contribution in [0.4, 0.5) is 4.39 Å². The van der Waals surface area contributed by atoms with Crippen LogP contribution in [0.3, 0.4) is 0 Å². The van der Waals surface area contributed by atoms with Crippen molar-refractivity contribution in [3.05, 3.63) is 65.5 Å². The van der Waals surface area contributed by atoms with Crippen LogP contribution in [0, 0.1) is 5.82 Å². The van der Waals surface area contributed by atoms with Crippen molar-refractivity contribution in [3.8, 4) is 5.75 Å². The highest BCUT2D eigenvalue weighted by atomic mass is 19.1. The van der Waals surface area contributed by atoms with Crippen molar-refractivity contribution in [2.24, 2.45) is 0 Å². The number of benzene rings is 2. The number of para-hydroxylation sites is 1. The first-order chi connectivity index (χ1) is 12.7. The Hall–Kier alpha value is -2.40. The molecule has 4 nitrogen and oxygen atoms in total. The molecule has 0 bridgehead atoms. The number of likely N-dealkylation sites (N-methyl/N-ethyl adjacent to an activating group) is 1. The van der Waals surface area contributed by atoms with Crippen LogP contribution in [0.5, 0.6) is 5.75 Å². The number of nitrogens with one attached hydrogen (secondary N) is 1. The summed E-state index contributed by atoms with van der Waals surface area (Å²) in [5.41, 5.74) is 2.60. The van der Waals surface area contributed by atoms with E-state index in [2.05, 4.69) is 23.5 Å². The number of nitrogens with zero attached hydrogens (tertiary/aromatic N) is 1. The molecule has 0 saturated heterocycles. The standard InChI is InChI=1S/C21H25FN2O2/c1-24(19-11-6-8-16-7-2-3-9-17(16)19)21(25)15-23-13-14-26-20-12-5-4-10-18(20)22/h2-5,7,9-10,12,19,23H,6,8,11,13-15H2,1H3/t19-/m0/s1. The largest absolute Gasteiger partial charge is 0.489 e. The topological polar surface area (TPSA) is 41.6 Å². The Labute approximate surface area is 154 Å². The van der Waals surface area contributed by atoms with Gasteiger partial charge in [-0.1, -0.05) is 36.4 Å². The van der Waals surface area contributed by atoms with Crippen LogP contribution in [0.25, 0.3) is 0 Å². The summed E-state index contributed by atoms with van der Waals surface area (Å²) in [6.45, 7) is 1.04. The normalized spacial score (nSPS) is 16.0. The second kappa shape index (κ2) is 8.81. The highest BCUT2D eigenvalue weighted by Gasteiger charge is 2.26. The van der Waals surface area contributed by atoms with Gasteiger partial charge < -0.3 is 15.0 Å². The van der Waals surface area contributed by atoms with Gasteiger partial charge in [0.25, 0.3) is 0 Å². The van der Waals surface area contributed by atoms with E-state index in [9.17, 15) is 9.18 Å². The van der Waals surface area contributed by atoms with Gasteiger partial charge in [0, 0.05) is 13.6 Å². The third-order valence-electron chi connectivity index (χ3n) is 4.85. The van der Waals surface area contributed by atoms with Crippen LogP contribution in [0.2, 0.25) is 0 Å². The predicted octanol–water partition coefficient (Wildman–Crippen LogP) is 3.33. The van der Waals surface area contributed by atoms with Crippen LogP contribution in [-0.2, 0) is 11.2 Å². The number of carbonyl (C=O) groups is 1. The molecule has 5 heteroatoms. The Morgan fingerprint density at radius 1 is 1.23 bits per heavy atom. The number of carbonyl (C=O) groups excluding carboxylic acids is 1. The van der Waals surface area contributed by atoms with E-state index in [0.29, 0.717) is 13.2 Å². The Bertz CT molecular complexity index is 750. The number of halogens is 1. The molecule has 0 heterocycles. The molecule has 2 aromatic carbocycles. The van der Waals surface area contributed by atoms with Crippen LogP contribution in [0.1, 0.15) is 30.0 Å². The van der Waals surface area contributed by atoms with Crippen LogP contribution >= 0.6 is 0 Å². The molecule has 1 aliphatic rings. The van der Waals surface area contributed by atoms with E-state index in [1.165, 1.54) is 17.2 Å². The first-order valence-corrected chi connectivity index (χ1v) is 9.08. The quantitative estimate of drug-likeness (QED) is 0.774. The van der Waals surface area contributed by atoms with Crippen molar-refractivity contribution in [1.29, 1.82) is 0 Å². The number of fused-ring (bicyclic) bond motifs is 1. The van der Waals surface area contributed by atoms with E-state index in [4.69, 9.17) is 4.74 Å². The molecule has 0 fully saturated rings. The van der Waals surface area contributed by atoms with Gasteiger partial charge >= 0.3 is 0 Å². The highest BCUT2D eigenvalue weighted by Crippen LogP contribution is 2.33. The highest BCUT2D eigenvalue weighted by molar-refractivity contribution is 5.78. The Balaban J connectivity index is 1.45. The maximum atomic E-state index is 13.5. The lowest BCUT2D eigenvalue weighted by atomic mass is 9.87. The third kappa shape index (κ3) is 4.41. The molecule has 1 aliphatic carbocycles. The minimum atomic E-state index is -0.376. The van der Waals surface area contributed by atoms with Gasteiger partial charge in [-0.3, -0.25) is 4.79 Å². The smallest absolute Gasteiger partial charge is 0.236 e. The number of amides is 1. The van der Waals surface area contributed by atoms with E-state index in [0.717, 1.165) is 19.3 Å². The third-order valence-corrected chi connectivity index (χ3v) is 4.85. The van der Waals surface area contributed by atoms with Crippen LogP contribution in [0.15, 0.2) is 48.5 Å². The monoisotopic (exact) mass is 356 g/mol. The fourth-order valence-corrected chi connectivity index (χ4v) is 3.42. The van der Waals surface area contributed by atoms with E-state index in [1.54, 1.807) is 18.2 Å². The molecule has 26 heavy (non-hydrogen) atoms. The second-order valence-corrected chi connectivity index (χ2v) is 6.57. The second-order valence-electron chi connectivity index (χ2n) is 6.57. The average Bonchev–Trinajstić information content (AvgIpc) is 2.68. The lowest BCUT2D eigenvalue weighted by molar-refractivity contribution is -0.131. The van der Waals surface area contributed by atoms with Gasteiger partial charge in [-0.15, -0.1) is 0 Å². The SMILES string of the molecule is CN(C(=O)CNCCOc1ccccc1F)[C@H]1CCCc2ccccc21. The van der Waals surface area contributed by atoms with Gasteiger partial charge in [-0.2, -0.15) is 0 Å². The average molecular weight is 356 g/mol. The van der Waals surface area contributed by atoms with Crippen molar-refractivity contribution in [3.63, 3.8) is 0 Å². The number of hydrogen-bond donors (Lipinski definition) is 1. The number of rotatable bonds is 7. The molecule has 1 atom stereocenters. The number of aryl methyl sites for hydroxylation is 1. The minimum absolute atomic E-state index is 0.0533. The van der Waals surface area contributed by atoms with Gasteiger partial charge in [0.15, 0.2) is 11.6 Å². The fraction of sp³-hybridized carbons (Fsp3) is 0.381. The molecule has 0 aliphatic heterocycles. The van der Waals surface area contributed by atoms with Crippen molar-refractivity contribution in [2.75, 3.05) is 26.7 Å². The molecule has 138 valence electrons. The molecule has 1 amide bonds. The summed E-state index contributed by atoms with van der Waals surface area (Å²) in [6, 6.07) is 14.8. The summed E-state index contributed by atoms with van der Waals surface area (Å²) < 4.78 is 18.8. The maximum absolute atomic E-state index is 13.5. The van der Waals surface area contributed by atoms with Gasteiger partial charge in [-0.25, -0.2) is 4.39 Å². The molecule has 3 rings (SSSR count). The molecule has 1 N–H and O–H groups in total. The van der Waals surface area contributed by atoms with Gasteiger partial charge in [0.2, 0.25) is 5.91 Å². The molecule has 0 unspecified atom stereocenters. The molecular formula is C21H25FN2O2. The van der Waals surface area contributed by atoms with Crippen LogP contribution in [-0.4, -0.2) is 37.6 Å².